The molecule has 0 saturated carbocycles. The highest BCUT2D eigenvalue weighted by Gasteiger charge is 2.29. The summed E-state index contributed by atoms with van der Waals surface area (Å²) in [6, 6.07) is 9.19. The number of quaternary nitrogens is 1. The Labute approximate surface area is 276 Å². The first kappa shape index (κ1) is 35.5. The fourth-order valence-corrected chi connectivity index (χ4v) is 6.08. The van der Waals surface area contributed by atoms with Crippen molar-refractivity contribution in [3.63, 3.8) is 0 Å². The van der Waals surface area contributed by atoms with E-state index in [0.717, 1.165) is 61.7 Å². The summed E-state index contributed by atoms with van der Waals surface area (Å²) in [5.74, 6) is 3.33. The number of amides is 1. The fourth-order valence-electron chi connectivity index (χ4n) is 5.18. The molecule has 0 radical (unpaired) electrons. The second-order valence-electron chi connectivity index (χ2n) is 12.2. The number of unbranched alkanes of at least 4 members (excludes halogenated alkanes) is 2. The number of carbonyl (C=O) groups excluding carboxylic acids is 2. The maximum atomic E-state index is 13.1. The molecule has 0 aliphatic carbocycles. The van der Waals surface area contributed by atoms with Crippen molar-refractivity contribution in [2.24, 2.45) is 0 Å². The molecule has 0 bridgehead atoms. The van der Waals surface area contributed by atoms with E-state index in [1.165, 1.54) is 13.2 Å². The molecule has 1 saturated heterocycles. The number of halogens is 1. The normalized spacial score (nSPS) is 15.7. The molecule has 2 aliphatic heterocycles. The Balaban J connectivity index is 0.00000529. The number of fused-ring (bicyclic) bond motifs is 1. The van der Waals surface area contributed by atoms with Gasteiger partial charge < -0.3 is 45.7 Å². The predicted octanol–water partition coefficient (Wildman–Crippen LogP) is 2.69. The van der Waals surface area contributed by atoms with Gasteiger partial charge in [-0.25, -0.2) is 0 Å². The minimum atomic E-state index is -0.517. The average Bonchev–Trinajstić information content (AvgIpc) is 2.97. The highest BCUT2D eigenvalue weighted by atomic mass is 79.9. The smallest absolute Gasteiger partial charge is 0.277 e. The van der Waals surface area contributed by atoms with Gasteiger partial charge in [0.1, 0.15) is 34.2 Å². The van der Waals surface area contributed by atoms with Gasteiger partial charge in [0.2, 0.25) is 0 Å². The molecule has 0 spiro atoms. The summed E-state index contributed by atoms with van der Waals surface area (Å²) < 4.78 is 18.0. The molecule has 4 rings (SSSR count). The van der Waals surface area contributed by atoms with Crippen molar-refractivity contribution in [3.05, 3.63) is 59.2 Å². The molecule has 0 aromatic heterocycles. The Morgan fingerprint density at radius 1 is 1.11 bits per heavy atom. The number of hydrogen-bond donors (Lipinski definition) is 1. The fraction of sp³-hybridized carbons (Fsp3) is 0.471. The van der Waals surface area contributed by atoms with E-state index in [2.05, 4.69) is 14.1 Å². The van der Waals surface area contributed by atoms with E-state index < -0.39 is 5.60 Å². The zero-order valence-electron chi connectivity index (χ0n) is 26.4. The van der Waals surface area contributed by atoms with Crippen LogP contribution in [0.25, 0.3) is 12.2 Å². The maximum Gasteiger partial charge on any atom is 0.277 e. The molecule has 1 fully saturated rings. The molecule has 44 heavy (non-hydrogen) atoms. The lowest BCUT2D eigenvalue weighted by atomic mass is 9.97. The average molecular weight is 690 g/mol. The van der Waals surface area contributed by atoms with Crippen molar-refractivity contribution in [1.29, 1.82) is 0 Å². The first-order valence-corrected chi connectivity index (χ1v) is 16.1. The molecular formula is C34H45BrN2O6S. The number of phenolic OH excluding ortho intramolecular Hbond substituents is 1. The van der Waals surface area contributed by atoms with Crippen LogP contribution in [0.15, 0.2) is 42.5 Å². The number of allylic oxidation sites excluding steroid dienone is 1. The minimum absolute atomic E-state index is 0. The summed E-state index contributed by atoms with van der Waals surface area (Å²) in [6.45, 7) is 7.72. The summed E-state index contributed by atoms with van der Waals surface area (Å²) in [5, 5.41) is 10.9. The Hall–Kier alpha value is -2.95. The van der Waals surface area contributed by atoms with E-state index in [4.69, 9.17) is 14.2 Å². The third-order valence-corrected chi connectivity index (χ3v) is 8.61. The zero-order valence-corrected chi connectivity index (χ0v) is 28.8. The summed E-state index contributed by atoms with van der Waals surface area (Å²) in [6.07, 6.45) is 9.77. The second kappa shape index (κ2) is 15.9. The molecule has 2 aromatic rings. The number of rotatable bonds is 13. The predicted molar refractivity (Wildman–Crippen MR) is 173 cm³/mol. The van der Waals surface area contributed by atoms with Crippen molar-refractivity contribution in [2.45, 2.75) is 38.7 Å². The van der Waals surface area contributed by atoms with Crippen molar-refractivity contribution in [1.82, 2.24) is 4.90 Å². The molecule has 1 N–H and O–H groups in total. The Bertz CT molecular complexity index is 1350. The van der Waals surface area contributed by atoms with Crippen LogP contribution in [-0.2, 0) is 4.79 Å². The summed E-state index contributed by atoms with van der Waals surface area (Å²) >= 11 is 1.92. The standard InChI is InChI=1S/C34H44N2O6S.BrH/c1-34(2)16-15-27-29(42-34)23-30(40-5)32(33(27)39)28(37)14-11-25-9-12-26(13-10-25)41-20-8-6-7-19-36(3,4)24-31(38)35-17-21-43-22-18-35;/h9-16,23H,6-8,17-22,24H2,1-5H3;1H/b14-11+;. The topological polar surface area (TPSA) is 85.3 Å². The van der Waals surface area contributed by atoms with Crippen LogP contribution in [0, 0.1) is 0 Å². The van der Waals surface area contributed by atoms with Crippen LogP contribution in [0.3, 0.4) is 0 Å². The van der Waals surface area contributed by atoms with Gasteiger partial charge in [0.15, 0.2) is 12.3 Å². The van der Waals surface area contributed by atoms with E-state index in [0.29, 0.717) is 28.9 Å². The van der Waals surface area contributed by atoms with E-state index in [-0.39, 0.29) is 45.7 Å². The molecular weight excluding hydrogens is 644 g/mol. The van der Waals surface area contributed by atoms with Gasteiger partial charge >= 0.3 is 0 Å². The third kappa shape index (κ3) is 9.78. The van der Waals surface area contributed by atoms with Gasteiger partial charge in [0, 0.05) is 30.7 Å². The molecule has 0 unspecified atom stereocenters. The number of benzene rings is 2. The highest BCUT2D eigenvalue weighted by Crippen LogP contribution is 2.43. The van der Waals surface area contributed by atoms with Gasteiger partial charge in [-0.1, -0.05) is 18.2 Å². The quantitative estimate of drug-likeness (QED) is 0.150. The minimum Gasteiger partial charge on any atom is -1.00 e. The van der Waals surface area contributed by atoms with Crippen molar-refractivity contribution >= 4 is 35.6 Å². The molecule has 2 aromatic carbocycles. The van der Waals surface area contributed by atoms with Gasteiger partial charge in [0.25, 0.3) is 5.91 Å². The monoisotopic (exact) mass is 688 g/mol. The number of aromatic hydroxyl groups is 1. The molecule has 8 nitrogen and oxygen atoms in total. The Morgan fingerprint density at radius 2 is 1.82 bits per heavy atom. The van der Waals surface area contributed by atoms with Crippen LogP contribution < -0.4 is 31.2 Å². The maximum absolute atomic E-state index is 13.1. The van der Waals surface area contributed by atoms with E-state index >= 15 is 0 Å². The van der Waals surface area contributed by atoms with Gasteiger partial charge in [-0.05, 0) is 69.0 Å². The molecule has 2 aliphatic rings. The molecule has 0 atom stereocenters. The Morgan fingerprint density at radius 3 is 2.50 bits per heavy atom. The number of likely N-dealkylation sites (N-methyl/N-ethyl adjacent to an activating group) is 1. The van der Waals surface area contributed by atoms with Crippen LogP contribution in [0.4, 0.5) is 0 Å². The van der Waals surface area contributed by atoms with Crippen LogP contribution >= 0.6 is 11.8 Å². The largest absolute Gasteiger partial charge is 1.00 e. The van der Waals surface area contributed by atoms with E-state index in [1.54, 1.807) is 18.2 Å². The van der Waals surface area contributed by atoms with Crippen molar-refractivity contribution < 1.29 is 50.4 Å². The van der Waals surface area contributed by atoms with Crippen LogP contribution in [-0.4, -0.2) is 97.3 Å². The molecule has 1 amide bonds. The van der Waals surface area contributed by atoms with E-state index in [9.17, 15) is 14.7 Å². The number of nitrogens with zero attached hydrogens (tertiary/aromatic N) is 2. The first-order chi connectivity index (χ1) is 20.5. The first-order valence-electron chi connectivity index (χ1n) is 14.9. The number of thioether (sulfide) groups is 1. The molecule has 240 valence electrons. The number of ether oxygens (including phenoxy) is 3. The number of methoxy groups -OCH3 is 1. The van der Waals surface area contributed by atoms with Gasteiger partial charge in [-0.15, -0.1) is 0 Å². The van der Waals surface area contributed by atoms with Crippen molar-refractivity contribution in [2.75, 3.05) is 65.5 Å². The van der Waals surface area contributed by atoms with Gasteiger partial charge in [-0.2, -0.15) is 11.8 Å². The third-order valence-electron chi connectivity index (χ3n) is 7.67. The summed E-state index contributed by atoms with van der Waals surface area (Å²) in [5.41, 5.74) is 0.875. The van der Waals surface area contributed by atoms with Crippen LogP contribution in [0.5, 0.6) is 23.0 Å². The van der Waals surface area contributed by atoms with Crippen molar-refractivity contribution in [3.8, 4) is 23.0 Å². The zero-order chi connectivity index (χ0) is 31.0. The molecule has 10 heteroatoms. The van der Waals surface area contributed by atoms with Crippen LogP contribution in [0.2, 0.25) is 0 Å². The number of hydrogen-bond acceptors (Lipinski definition) is 7. The summed E-state index contributed by atoms with van der Waals surface area (Å²) in [4.78, 5) is 27.7. The molecule has 2 heterocycles. The SMILES string of the molecule is COc1cc2c(c(O)c1C(=O)/C=C/c1ccc(OCCCCC[N+](C)(C)CC(=O)N3CCSCC3)cc1)C=CC(C)(C)O2.[Br-]. The van der Waals surface area contributed by atoms with E-state index in [1.807, 2.05) is 60.9 Å². The lowest BCUT2D eigenvalue weighted by Crippen LogP contribution is -3.00. The van der Waals surface area contributed by atoms with Crippen LogP contribution in [0.1, 0.15) is 54.6 Å². The number of phenols is 1. The lowest BCUT2D eigenvalue weighted by Gasteiger charge is -2.33. The van der Waals surface area contributed by atoms with Gasteiger partial charge in [-0.3, -0.25) is 9.59 Å². The number of carbonyl (C=O) groups is 2. The van der Waals surface area contributed by atoms with Gasteiger partial charge in [0.05, 0.1) is 39.9 Å². The second-order valence-corrected chi connectivity index (χ2v) is 13.5. The summed E-state index contributed by atoms with van der Waals surface area (Å²) in [7, 11) is 5.73. The highest BCUT2D eigenvalue weighted by molar-refractivity contribution is 7.99. The number of ketones is 1. The lowest BCUT2D eigenvalue weighted by molar-refractivity contribution is -0.883. The Kier molecular flexibility index (Phi) is 12.8.